The Labute approximate surface area is 94.3 Å². The zero-order valence-corrected chi connectivity index (χ0v) is 9.63. The lowest BCUT2D eigenvalue weighted by atomic mass is 10.3. The first-order chi connectivity index (χ1) is 7.72. The van der Waals surface area contributed by atoms with E-state index in [0.29, 0.717) is 0 Å². The van der Waals surface area contributed by atoms with E-state index >= 15 is 0 Å². The van der Waals surface area contributed by atoms with Crippen molar-refractivity contribution in [3.05, 3.63) is 29.8 Å². The molecule has 1 N–H and O–H groups in total. The van der Waals surface area contributed by atoms with Crippen LogP contribution in [0.2, 0.25) is 0 Å². The first-order valence-electron chi connectivity index (χ1n) is 5.54. The lowest BCUT2D eigenvalue weighted by Gasteiger charge is -2.03. The molecule has 4 heteroatoms. The third-order valence-corrected chi connectivity index (χ3v) is 2.65. The maximum atomic E-state index is 13.0. The van der Waals surface area contributed by atoms with E-state index in [1.807, 2.05) is 11.6 Å². The molecule has 1 aromatic heterocycles. The van der Waals surface area contributed by atoms with E-state index < -0.39 is 0 Å². The van der Waals surface area contributed by atoms with Crippen molar-refractivity contribution in [1.29, 1.82) is 0 Å². The average Bonchev–Trinajstić information content (AvgIpc) is 2.56. The van der Waals surface area contributed by atoms with Gasteiger partial charge in [-0.3, -0.25) is 0 Å². The van der Waals surface area contributed by atoms with Crippen LogP contribution in [0.4, 0.5) is 4.39 Å². The van der Waals surface area contributed by atoms with Crippen molar-refractivity contribution in [3.63, 3.8) is 0 Å². The molecule has 0 aliphatic rings. The minimum absolute atomic E-state index is 0.237. The topological polar surface area (TPSA) is 29.9 Å². The third-order valence-electron chi connectivity index (χ3n) is 2.65. The highest BCUT2D eigenvalue weighted by molar-refractivity contribution is 5.75. The minimum Gasteiger partial charge on any atom is -0.330 e. The summed E-state index contributed by atoms with van der Waals surface area (Å²) in [5.41, 5.74) is 1.69. The van der Waals surface area contributed by atoms with E-state index in [2.05, 4.69) is 17.2 Å². The van der Waals surface area contributed by atoms with Crippen LogP contribution in [0.3, 0.4) is 0 Å². The Bertz CT molecular complexity index is 490. The number of nitrogens with zero attached hydrogens (tertiary/aromatic N) is 2. The standard InChI is InChI=1S/C12H16FN3/c1-3-6-14-8-12-15-10-7-9(13)4-5-11(10)16(12)2/h4-5,7,14H,3,6,8H2,1-2H3. The van der Waals surface area contributed by atoms with Crippen LogP contribution in [0.15, 0.2) is 18.2 Å². The molecule has 0 aliphatic heterocycles. The number of rotatable bonds is 4. The minimum atomic E-state index is -0.237. The van der Waals surface area contributed by atoms with Crippen molar-refractivity contribution in [2.45, 2.75) is 19.9 Å². The number of nitrogens with one attached hydrogen (secondary N) is 1. The summed E-state index contributed by atoms with van der Waals surface area (Å²) in [4.78, 5) is 4.41. The summed E-state index contributed by atoms with van der Waals surface area (Å²) in [7, 11) is 1.95. The first-order valence-corrected chi connectivity index (χ1v) is 5.54. The van der Waals surface area contributed by atoms with E-state index in [1.54, 1.807) is 6.07 Å². The smallest absolute Gasteiger partial charge is 0.125 e. The summed E-state index contributed by atoms with van der Waals surface area (Å²) < 4.78 is 15.0. The molecular weight excluding hydrogens is 205 g/mol. The Morgan fingerprint density at radius 3 is 3.00 bits per heavy atom. The summed E-state index contributed by atoms with van der Waals surface area (Å²) >= 11 is 0. The number of fused-ring (bicyclic) bond motifs is 1. The molecule has 0 amide bonds. The van der Waals surface area contributed by atoms with Gasteiger partial charge < -0.3 is 9.88 Å². The predicted octanol–water partition coefficient (Wildman–Crippen LogP) is 2.21. The number of hydrogen-bond donors (Lipinski definition) is 1. The van der Waals surface area contributed by atoms with Gasteiger partial charge in [-0.1, -0.05) is 6.92 Å². The Kier molecular flexibility index (Phi) is 3.19. The third kappa shape index (κ3) is 2.07. The van der Waals surface area contributed by atoms with Crippen LogP contribution >= 0.6 is 0 Å². The second kappa shape index (κ2) is 4.61. The Morgan fingerprint density at radius 2 is 2.25 bits per heavy atom. The van der Waals surface area contributed by atoms with Gasteiger partial charge in [-0.2, -0.15) is 0 Å². The molecule has 0 saturated heterocycles. The molecule has 3 nitrogen and oxygen atoms in total. The Balaban J connectivity index is 2.29. The molecule has 0 saturated carbocycles. The van der Waals surface area contributed by atoms with E-state index in [9.17, 15) is 4.39 Å². The number of imidazole rings is 1. The van der Waals surface area contributed by atoms with Crippen LogP contribution in [0.25, 0.3) is 11.0 Å². The van der Waals surface area contributed by atoms with Crippen molar-refractivity contribution in [2.24, 2.45) is 7.05 Å². The zero-order chi connectivity index (χ0) is 11.5. The van der Waals surface area contributed by atoms with Gasteiger partial charge >= 0.3 is 0 Å². The summed E-state index contributed by atoms with van der Waals surface area (Å²) in [6.07, 6.45) is 1.10. The molecule has 0 bridgehead atoms. The van der Waals surface area contributed by atoms with Gasteiger partial charge in [0.25, 0.3) is 0 Å². The summed E-state index contributed by atoms with van der Waals surface area (Å²) in [5.74, 6) is 0.702. The average molecular weight is 221 g/mol. The highest BCUT2D eigenvalue weighted by Gasteiger charge is 2.07. The van der Waals surface area contributed by atoms with Gasteiger partial charge in [0, 0.05) is 13.1 Å². The highest BCUT2D eigenvalue weighted by Crippen LogP contribution is 2.15. The molecule has 0 spiro atoms. The maximum Gasteiger partial charge on any atom is 0.125 e. The lowest BCUT2D eigenvalue weighted by Crippen LogP contribution is -2.16. The largest absolute Gasteiger partial charge is 0.330 e. The van der Waals surface area contributed by atoms with Crippen molar-refractivity contribution in [2.75, 3.05) is 6.54 Å². The van der Waals surface area contributed by atoms with Crippen molar-refractivity contribution >= 4 is 11.0 Å². The molecule has 0 fully saturated rings. The molecule has 86 valence electrons. The van der Waals surface area contributed by atoms with E-state index in [1.165, 1.54) is 12.1 Å². The monoisotopic (exact) mass is 221 g/mol. The van der Waals surface area contributed by atoms with Gasteiger partial charge in [0.15, 0.2) is 0 Å². The van der Waals surface area contributed by atoms with Crippen molar-refractivity contribution in [3.8, 4) is 0 Å². The summed E-state index contributed by atoms with van der Waals surface area (Å²) in [5, 5.41) is 3.29. The van der Waals surface area contributed by atoms with Crippen LogP contribution in [0.5, 0.6) is 0 Å². The molecule has 2 aromatic rings. The van der Waals surface area contributed by atoms with E-state index in [4.69, 9.17) is 0 Å². The molecule has 0 radical (unpaired) electrons. The Hall–Kier alpha value is -1.42. The van der Waals surface area contributed by atoms with Gasteiger partial charge in [0.05, 0.1) is 17.6 Å². The van der Waals surface area contributed by atoms with E-state index in [0.717, 1.165) is 36.4 Å². The molecule has 2 rings (SSSR count). The number of aromatic nitrogens is 2. The van der Waals surface area contributed by atoms with Crippen molar-refractivity contribution < 1.29 is 4.39 Å². The number of hydrogen-bond acceptors (Lipinski definition) is 2. The molecule has 1 aromatic carbocycles. The fourth-order valence-corrected chi connectivity index (χ4v) is 1.76. The first kappa shape index (κ1) is 11.1. The van der Waals surface area contributed by atoms with E-state index in [-0.39, 0.29) is 5.82 Å². The normalized spacial score (nSPS) is 11.2. The van der Waals surface area contributed by atoms with Gasteiger partial charge in [-0.15, -0.1) is 0 Å². The molecule has 16 heavy (non-hydrogen) atoms. The molecule has 0 atom stereocenters. The maximum absolute atomic E-state index is 13.0. The fraction of sp³-hybridized carbons (Fsp3) is 0.417. The SMILES string of the molecule is CCCNCc1nc2cc(F)ccc2n1C. The Morgan fingerprint density at radius 1 is 1.44 bits per heavy atom. The van der Waals surface area contributed by atoms with Crippen LogP contribution in [0.1, 0.15) is 19.2 Å². The van der Waals surface area contributed by atoms with Gasteiger partial charge in [0.2, 0.25) is 0 Å². The van der Waals surface area contributed by atoms with Crippen molar-refractivity contribution in [1.82, 2.24) is 14.9 Å². The molecule has 0 aliphatic carbocycles. The zero-order valence-electron chi connectivity index (χ0n) is 9.63. The second-order valence-electron chi connectivity index (χ2n) is 3.90. The second-order valence-corrected chi connectivity index (χ2v) is 3.90. The summed E-state index contributed by atoms with van der Waals surface area (Å²) in [6, 6.07) is 4.70. The van der Waals surface area contributed by atoms with Crippen LogP contribution in [-0.2, 0) is 13.6 Å². The number of aryl methyl sites for hydroxylation is 1. The lowest BCUT2D eigenvalue weighted by molar-refractivity contribution is 0.629. The van der Waals surface area contributed by atoms with Crippen LogP contribution < -0.4 is 5.32 Å². The molecular formula is C12H16FN3. The van der Waals surface area contributed by atoms with Gasteiger partial charge in [-0.25, -0.2) is 9.37 Å². The predicted molar refractivity (Wildman–Crippen MR) is 62.7 cm³/mol. The van der Waals surface area contributed by atoms with Gasteiger partial charge in [0.1, 0.15) is 11.6 Å². The van der Waals surface area contributed by atoms with Crippen LogP contribution in [0, 0.1) is 5.82 Å². The quantitative estimate of drug-likeness (QED) is 0.802. The number of halogens is 1. The fourth-order valence-electron chi connectivity index (χ4n) is 1.76. The van der Waals surface area contributed by atoms with Crippen LogP contribution in [-0.4, -0.2) is 16.1 Å². The molecule has 0 unspecified atom stereocenters. The highest BCUT2D eigenvalue weighted by atomic mass is 19.1. The summed E-state index contributed by atoms with van der Waals surface area (Å²) in [6.45, 7) is 3.81. The molecule has 1 heterocycles. The number of benzene rings is 1. The van der Waals surface area contributed by atoms with Gasteiger partial charge in [-0.05, 0) is 25.1 Å².